The van der Waals surface area contributed by atoms with E-state index >= 15 is 0 Å². The van der Waals surface area contributed by atoms with Crippen LogP contribution in [-0.2, 0) is 0 Å². The number of aromatic nitrogens is 4. The fraction of sp³-hybridized carbons (Fsp3) is 0.0833. The van der Waals surface area contributed by atoms with Gasteiger partial charge < -0.3 is 15.6 Å². The normalized spacial score (nSPS) is 16.1. The maximum Gasteiger partial charge on any atom is 0.215 e. The summed E-state index contributed by atoms with van der Waals surface area (Å²) in [7, 11) is 0. The monoisotopic (exact) mass is 254 g/mol. The number of benzene rings is 1. The molecule has 1 aliphatic heterocycles. The van der Waals surface area contributed by atoms with Crippen LogP contribution in [0.5, 0.6) is 0 Å². The SMILES string of the molecule is Nc1nonc1NC1c2ccccc2-n2cncc21. The molecular formula is C12H10N6O. The summed E-state index contributed by atoms with van der Waals surface area (Å²) >= 11 is 0. The van der Waals surface area contributed by atoms with Gasteiger partial charge in [-0.15, -0.1) is 0 Å². The van der Waals surface area contributed by atoms with Crippen molar-refractivity contribution in [2.75, 3.05) is 11.1 Å². The van der Waals surface area contributed by atoms with E-state index in [1.165, 1.54) is 0 Å². The summed E-state index contributed by atoms with van der Waals surface area (Å²) in [4.78, 5) is 4.18. The summed E-state index contributed by atoms with van der Waals surface area (Å²) in [6.45, 7) is 0. The quantitative estimate of drug-likeness (QED) is 0.716. The minimum Gasteiger partial charge on any atom is -0.378 e. The number of nitrogens with zero attached hydrogens (tertiary/aromatic N) is 4. The lowest BCUT2D eigenvalue weighted by Gasteiger charge is -2.12. The Morgan fingerprint density at radius 1 is 1.26 bits per heavy atom. The van der Waals surface area contributed by atoms with Crippen molar-refractivity contribution in [3.8, 4) is 5.69 Å². The molecule has 0 bridgehead atoms. The van der Waals surface area contributed by atoms with Crippen LogP contribution in [-0.4, -0.2) is 19.9 Å². The van der Waals surface area contributed by atoms with Gasteiger partial charge in [-0.2, -0.15) is 0 Å². The van der Waals surface area contributed by atoms with E-state index in [4.69, 9.17) is 5.73 Å². The van der Waals surface area contributed by atoms with Crippen LogP contribution in [0.1, 0.15) is 17.3 Å². The van der Waals surface area contributed by atoms with E-state index in [9.17, 15) is 0 Å². The predicted molar refractivity (Wildman–Crippen MR) is 67.7 cm³/mol. The number of hydrogen-bond donors (Lipinski definition) is 2. The van der Waals surface area contributed by atoms with E-state index in [0.29, 0.717) is 5.82 Å². The number of hydrogen-bond acceptors (Lipinski definition) is 6. The summed E-state index contributed by atoms with van der Waals surface area (Å²) in [6.07, 6.45) is 3.61. The van der Waals surface area contributed by atoms with Crippen molar-refractivity contribution < 1.29 is 4.63 Å². The average Bonchev–Trinajstić information content (AvgIpc) is 3.10. The molecule has 94 valence electrons. The molecule has 3 heterocycles. The summed E-state index contributed by atoms with van der Waals surface area (Å²) in [5.41, 5.74) is 8.95. The van der Waals surface area contributed by atoms with E-state index in [0.717, 1.165) is 16.9 Å². The van der Waals surface area contributed by atoms with Crippen LogP contribution in [0.2, 0.25) is 0 Å². The highest BCUT2D eigenvalue weighted by Gasteiger charge is 2.29. The van der Waals surface area contributed by atoms with Gasteiger partial charge in [-0.25, -0.2) is 9.61 Å². The van der Waals surface area contributed by atoms with Gasteiger partial charge in [-0.1, -0.05) is 18.2 Å². The molecule has 0 aliphatic carbocycles. The minimum atomic E-state index is -0.0621. The maximum absolute atomic E-state index is 5.68. The Kier molecular flexibility index (Phi) is 1.91. The highest BCUT2D eigenvalue weighted by Crippen LogP contribution is 2.37. The van der Waals surface area contributed by atoms with Crippen LogP contribution in [0.15, 0.2) is 41.4 Å². The molecule has 0 saturated carbocycles. The van der Waals surface area contributed by atoms with Gasteiger partial charge in [0.1, 0.15) is 0 Å². The van der Waals surface area contributed by atoms with Gasteiger partial charge in [0.2, 0.25) is 11.6 Å². The molecule has 3 aromatic rings. The van der Waals surface area contributed by atoms with Crippen LogP contribution < -0.4 is 11.1 Å². The second-order valence-corrected chi connectivity index (χ2v) is 4.32. The van der Waals surface area contributed by atoms with Crippen molar-refractivity contribution in [3.05, 3.63) is 48.0 Å². The van der Waals surface area contributed by atoms with Crippen LogP contribution in [0.3, 0.4) is 0 Å². The molecular weight excluding hydrogens is 244 g/mol. The number of nitrogen functional groups attached to an aromatic ring is 1. The molecule has 0 spiro atoms. The summed E-state index contributed by atoms with van der Waals surface area (Å²) < 4.78 is 6.64. The van der Waals surface area contributed by atoms with Crippen LogP contribution in [0.25, 0.3) is 5.69 Å². The molecule has 3 N–H and O–H groups in total. The molecule has 1 unspecified atom stereocenters. The zero-order chi connectivity index (χ0) is 12.8. The molecule has 7 nitrogen and oxygen atoms in total. The third-order valence-corrected chi connectivity index (χ3v) is 3.27. The Morgan fingerprint density at radius 3 is 3.00 bits per heavy atom. The Hall–Kier alpha value is -2.83. The summed E-state index contributed by atoms with van der Waals surface area (Å²) in [5.74, 6) is 0.685. The second kappa shape index (κ2) is 3.58. The molecule has 1 aromatic carbocycles. The Labute approximate surface area is 108 Å². The van der Waals surface area contributed by atoms with E-state index in [2.05, 4.69) is 31.3 Å². The summed E-state index contributed by atoms with van der Waals surface area (Å²) in [6, 6.07) is 8.04. The van der Waals surface area contributed by atoms with Crippen LogP contribution in [0, 0.1) is 0 Å². The molecule has 1 aliphatic rings. The molecule has 0 fully saturated rings. The van der Waals surface area contributed by atoms with Crippen LogP contribution >= 0.6 is 0 Å². The molecule has 0 radical (unpaired) electrons. The molecule has 1 atom stereocenters. The van der Waals surface area contributed by atoms with Gasteiger partial charge in [0, 0.05) is 5.56 Å². The molecule has 19 heavy (non-hydrogen) atoms. The zero-order valence-corrected chi connectivity index (χ0v) is 9.82. The predicted octanol–water partition coefficient (Wildman–Crippen LogP) is 1.35. The Balaban J connectivity index is 1.83. The van der Waals surface area contributed by atoms with Gasteiger partial charge in [-0.05, 0) is 16.4 Å². The largest absolute Gasteiger partial charge is 0.378 e. The topological polar surface area (TPSA) is 94.8 Å². The van der Waals surface area contributed by atoms with Crippen molar-refractivity contribution in [1.29, 1.82) is 0 Å². The van der Waals surface area contributed by atoms with E-state index in [1.54, 1.807) is 6.33 Å². The van der Waals surface area contributed by atoms with Gasteiger partial charge in [0.15, 0.2) is 0 Å². The molecule has 0 amide bonds. The van der Waals surface area contributed by atoms with Gasteiger partial charge >= 0.3 is 0 Å². The van der Waals surface area contributed by atoms with Gasteiger partial charge in [0.25, 0.3) is 0 Å². The third kappa shape index (κ3) is 1.35. The number of para-hydroxylation sites is 1. The number of anilines is 2. The lowest BCUT2D eigenvalue weighted by molar-refractivity contribution is 0.310. The zero-order valence-electron chi connectivity index (χ0n) is 9.82. The first-order valence-electron chi connectivity index (χ1n) is 5.80. The van der Waals surface area contributed by atoms with Gasteiger partial charge in [0.05, 0.1) is 29.9 Å². The number of nitrogens with one attached hydrogen (secondary N) is 1. The molecule has 7 heteroatoms. The molecule has 0 saturated heterocycles. The van der Waals surface area contributed by atoms with E-state index in [-0.39, 0.29) is 11.9 Å². The smallest absolute Gasteiger partial charge is 0.215 e. The highest BCUT2D eigenvalue weighted by molar-refractivity contribution is 5.61. The number of rotatable bonds is 2. The Morgan fingerprint density at radius 2 is 2.16 bits per heavy atom. The van der Waals surface area contributed by atoms with Crippen molar-refractivity contribution in [2.24, 2.45) is 0 Å². The van der Waals surface area contributed by atoms with Crippen molar-refractivity contribution in [1.82, 2.24) is 19.9 Å². The Bertz CT molecular complexity index is 746. The molecule has 4 rings (SSSR count). The number of nitrogens with two attached hydrogens (primary N) is 1. The van der Waals surface area contributed by atoms with Crippen molar-refractivity contribution >= 4 is 11.6 Å². The first-order valence-corrected chi connectivity index (χ1v) is 5.80. The second-order valence-electron chi connectivity index (χ2n) is 4.32. The van der Waals surface area contributed by atoms with Crippen LogP contribution in [0.4, 0.5) is 11.6 Å². The summed E-state index contributed by atoms with van der Waals surface area (Å²) in [5, 5.41) is 10.6. The third-order valence-electron chi connectivity index (χ3n) is 3.27. The minimum absolute atomic E-state index is 0.0621. The number of imidazole rings is 1. The highest BCUT2D eigenvalue weighted by atomic mass is 16.6. The molecule has 2 aromatic heterocycles. The lowest BCUT2D eigenvalue weighted by atomic mass is 10.1. The number of fused-ring (bicyclic) bond motifs is 3. The maximum atomic E-state index is 5.68. The van der Waals surface area contributed by atoms with E-state index < -0.39 is 0 Å². The first-order chi connectivity index (χ1) is 9.34. The van der Waals surface area contributed by atoms with Crippen molar-refractivity contribution in [3.63, 3.8) is 0 Å². The van der Waals surface area contributed by atoms with E-state index in [1.807, 2.05) is 29.0 Å². The van der Waals surface area contributed by atoms with Gasteiger partial charge in [-0.3, -0.25) is 0 Å². The standard InChI is InChI=1S/C12H10N6O/c13-11-12(17-19-16-11)15-10-7-3-1-2-4-8(7)18-6-14-5-9(10)18/h1-6,10H,(H2,13,16)(H,15,17). The fourth-order valence-corrected chi connectivity index (χ4v) is 2.41. The first kappa shape index (κ1) is 10.1. The fourth-order valence-electron chi connectivity index (χ4n) is 2.41. The van der Waals surface area contributed by atoms with Crippen molar-refractivity contribution in [2.45, 2.75) is 6.04 Å². The lowest BCUT2D eigenvalue weighted by Crippen LogP contribution is -2.11. The average molecular weight is 254 g/mol.